The lowest BCUT2D eigenvalue weighted by Crippen LogP contribution is -2.17. The van der Waals surface area contributed by atoms with Crippen molar-refractivity contribution in [1.82, 2.24) is 0 Å². The lowest BCUT2D eigenvalue weighted by atomic mass is 10.1. The molecule has 0 aliphatic carbocycles. The van der Waals surface area contributed by atoms with Gasteiger partial charge in [0.1, 0.15) is 11.3 Å². The SMILES string of the molecule is COc1ccc(S(N)(=O)=O)cc1C(=O)OCC(=O)c1cccc(C(F)(F)F)c1. The van der Waals surface area contributed by atoms with E-state index in [9.17, 15) is 31.2 Å². The normalized spacial score (nSPS) is 11.8. The van der Waals surface area contributed by atoms with E-state index in [0.717, 1.165) is 30.3 Å². The Hall–Kier alpha value is -2.92. The molecule has 2 N–H and O–H groups in total. The Kier molecular flexibility index (Phi) is 6.10. The molecule has 11 heteroatoms. The van der Waals surface area contributed by atoms with Crippen molar-refractivity contribution in [3.8, 4) is 5.75 Å². The van der Waals surface area contributed by atoms with Crippen LogP contribution in [0.1, 0.15) is 26.3 Å². The monoisotopic (exact) mass is 417 g/mol. The van der Waals surface area contributed by atoms with Crippen molar-refractivity contribution >= 4 is 21.8 Å². The smallest absolute Gasteiger partial charge is 0.416 e. The third-order valence-corrected chi connectivity index (χ3v) is 4.48. The van der Waals surface area contributed by atoms with Crippen LogP contribution < -0.4 is 9.88 Å². The first-order chi connectivity index (χ1) is 12.9. The average molecular weight is 417 g/mol. The predicted molar refractivity (Wildman–Crippen MR) is 90.4 cm³/mol. The second-order valence-electron chi connectivity index (χ2n) is 5.48. The lowest BCUT2D eigenvalue weighted by Gasteiger charge is -2.11. The molecular formula is C17H14F3NO6S. The van der Waals surface area contributed by atoms with Gasteiger partial charge in [0.05, 0.1) is 17.6 Å². The highest BCUT2D eigenvalue weighted by molar-refractivity contribution is 7.89. The van der Waals surface area contributed by atoms with Crippen LogP contribution in [0, 0.1) is 0 Å². The number of carbonyl (C=O) groups is 2. The fraction of sp³-hybridized carbons (Fsp3) is 0.176. The fourth-order valence-corrected chi connectivity index (χ4v) is 2.72. The van der Waals surface area contributed by atoms with E-state index in [1.165, 1.54) is 13.2 Å². The zero-order valence-electron chi connectivity index (χ0n) is 14.3. The number of alkyl halides is 3. The lowest BCUT2D eigenvalue weighted by molar-refractivity contribution is -0.137. The van der Waals surface area contributed by atoms with Crippen LogP contribution in [-0.2, 0) is 20.9 Å². The fourth-order valence-electron chi connectivity index (χ4n) is 2.18. The summed E-state index contributed by atoms with van der Waals surface area (Å²) in [7, 11) is -2.89. The van der Waals surface area contributed by atoms with E-state index in [1.807, 2.05) is 0 Å². The molecular weight excluding hydrogens is 403 g/mol. The zero-order valence-corrected chi connectivity index (χ0v) is 15.1. The maximum Gasteiger partial charge on any atom is 0.416 e. The summed E-state index contributed by atoms with van der Waals surface area (Å²) in [6.45, 7) is -0.858. The highest BCUT2D eigenvalue weighted by Crippen LogP contribution is 2.29. The van der Waals surface area contributed by atoms with Crippen molar-refractivity contribution in [2.75, 3.05) is 13.7 Å². The van der Waals surface area contributed by atoms with E-state index in [1.54, 1.807) is 0 Å². The molecule has 2 rings (SSSR count). The molecule has 150 valence electrons. The van der Waals surface area contributed by atoms with E-state index >= 15 is 0 Å². The van der Waals surface area contributed by atoms with E-state index in [-0.39, 0.29) is 21.8 Å². The van der Waals surface area contributed by atoms with Crippen LogP contribution >= 0.6 is 0 Å². The number of esters is 1. The van der Waals surface area contributed by atoms with E-state index in [0.29, 0.717) is 6.07 Å². The van der Waals surface area contributed by atoms with Crippen molar-refractivity contribution in [3.05, 3.63) is 59.2 Å². The number of carbonyl (C=O) groups excluding carboxylic acids is 2. The van der Waals surface area contributed by atoms with Crippen LogP contribution in [0.3, 0.4) is 0 Å². The van der Waals surface area contributed by atoms with Crippen molar-refractivity contribution in [2.24, 2.45) is 5.14 Å². The van der Waals surface area contributed by atoms with Crippen LogP contribution in [0.15, 0.2) is 47.4 Å². The number of benzene rings is 2. The molecule has 0 atom stereocenters. The minimum atomic E-state index is -4.63. The van der Waals surface area contributed by atoms with E-state index in [2.05, 4.69) is 0 Å². The molecule has 0 unspecified atom stereocenters. The van der Waals surface area contributed by atoms with Gasteiger partial charge < -0.3 is 9.47 Å². The van der Waals surface area contributed by atoms with Gasteiger partial charge in [-0.1, -0.05) is 12.1 Å². The number of ketones is 1. The van der Waals surface area contributed by atoms with Crippen LogP contribution in [0.5, 0.6) is 5.75 Å². The second-order valence-corrected chi connectivity index (χ2v) is 7.05. The van der Waals surface area contributed by atoms with E-state index < -0.39 is 40.1 Å². The molecule has 7 nitrogen and oxygen atoms in total. The number of Topliss-reactive ketones (excluding diaryl/α,β-unsaturated/α-hetero) is 1. The number of ether oxygens (including phenoxy) is 2. The number of hydrogen-bond donors (Lipinski definition) is 1. The first-order valence-corrected chi connectivity index (χ1v) is 9.06. The second kappa shape index (κ2) is 7.98. The molecule has 0 fully saturated rings. The van der Waals surface area contributed by atoms with Gasteiger partial charge in [0.25, 0.3) is 0 Å². The molecule has 0 bridgehead atoms. The Bertz CT molecular complexity index is 1020. The maximum atomic E-state index is 12.7. The largest absolute Gasteiger partial charge is 0.496 e. The number of primary sulfonamides is 1. The average Bonchev–Trinajstić information content (AvgIpc) is 2.63. The molecule has 0 aromatic heterocycles. The van der Waals surface area contributed by atoms with Crippen molar-refractivity contribution in [3.63, 3.8) is 0 Å². The molecule has 0 spiro atoms. The molecule has 0 amide bonds. The van der Waals surface area contributed by atoms with Gasteiger partial charge in [0.2, 0.25) is 10.0 Å². The number of methoxy groups -OCH3 is 1. The van der Waals surface area contributed by atoms with Gasteiger partial charge in [-0.05, 0) is 30.3 Å². The summed E-state index contributed by atoms with van der Waals surface area (Å²) in [5.74, 6) is -2.02. The first kappa shape index (κ1) is 21.4. The molecule has 2 aromatic carbocycles. The van der Waals surface area contributed by atoms with Crippen molar-refractivity contribution < 1.29 is 40.7 Å². The molecule has 0 saturated heterocycles. The number of rotatable bonds is 6. The minimum absolute atomic E-state index is 0.0380. The molecule has 0 saturated carbocycles. The van der Waals surface area contributed by atoms with Crippen molar-refractivity contribution in [2.45, 2.75) is 11.1 Å². The van der Waals surface area contributed by atoms with Crippen LogP contribution in [0.2, 0.25) is 0 Å². The van der Waals surface area contributed by atoms with Gasteiger partial charge in [0, 0.05) is 5.56 Å². The summed E-state index contributed by atoms with van der Waals surface area (Å²) >= 11 is 0. The first-order valence-electron chi connectivity index (χ1n) is 7.52. The van der Waals surface area contributed by atoms with Gasteiger partial charge in [0.15, 0.2) is 12.4 Å². The summed E-state index contributed by atoms with van der Waals surface area (Å²) in [6, 6.07) is 6.82. The molecule has 0 radical (unpaired) electrons. The number of hydrogen-bond acceptors (Lipinski definition) is 6. The van der Waals surface area contributed by atoms with E-state index in [4.69, 9.17) is 14.6 Å². The topological polar surface area (TPSA) is 113 Å². The highest BCUT2D eigenvalue weighted by atomic mass is 32.2. The zero-order chi connectivity index (χ0) is 21.1. The standard InChI is InChI=1S/C17H14F3NO6S/c1-26-15-6-5-12(28(21,24)25)8-13(15)16(23)27-9-14(22)10-3-2-4-11(7-10)17(18,19)20/h2-8H,9H2,1H3,(H2,21,24,25). The molecule has 0 heterocycles. The Labute approximate surface area is 157 Å². The predicted octanol–water partition coefficient (Wildman–Crippen LogP) is 2.40. The summed E-state index contributed by atoms with van der Waals surface area (Å²) in [5.41, 5.74) is -1.63. The summed E-state index contributed by atoms with van der Waals surface area (Å²) in [5, 5.41) is 5.00. The summed E-state index contributed by atoms with van der Waals surface area (Å²) in [4.78, 5) is 23.9. The molecule has 0 aliphatic heterocycles. The highest BCUT2D eigenvalue weighted by Gasteiger charge is 2.31. The number of nitrogens with two attached hydrogens (primary N) is 1. The van der Waals surface area contributed by atoms with Gasteiger partial charge in [-0.15, -0.1) is 0 Å². The quantitative estimate of drug-likeness (QED) is 0.571. The third kappa shape index (κ3) is 5.08. The Balaban J connectivity index is 2.19. The number of sulfonamides is 1. The Morgan fingerprint density at radius 2 is 1.79 bits per heavy atom. The Morgan fingerprint density at radius 3 is 2.36 bits per heavy atom. The third-order valence-electron chi connectivity index (χ3n) is 3.57. The summed E-state index contributed by atoms with van der Waals surface area (Å²) in [6.07, 6.45) is -4.63. The molecule has 0 aliphatic rings. The van der Waals surface area contributed by atoms with Gasteiger partial charge in [-0.3, -0.25) is 4.79 Å². The maximum absolute atomic E-state index is 12.7. The van der Waals surface area contributed by atoms with Crippen LogP contribution in [0.25, 0.3) is 0 Å². The van der Waals surface area contributed by atoms with Gasteiger partial charge in [-0.2, -0.15) is 13.2 Å². The van der Waals surface area contributed by atoms with Crippen LogP contribution in [0.4, 0.5) is 13.2 Å². The van der Waals surface area contributed by atoms with Crippen molar-refractivity contribution in [1.29, 1.82) is 0 Å². The Morgan fingerprint density at radius 1 is 1.11 bits per heavy atom. The number of halogens is 3. The van der Waals surface area contributed by atoms with Gasteiger partial charge in [-0.25, -0.2) is 18.4 Å². The summed E-state index contributed by atoms with van der Waals surface area (Å²) < 4.78 is 70.7. The molecule has 28 heavy (non-hydrogen) atoms. The van der Waals surface area contributed by atoms with Crippen LogP contribution in [-0.4, -0.2) is 33.9 Å². The molecule has 2 aromatic rings. The minimum Gasteiger partial charge on any atom is -0.496 e. The van der Waals surface area contributed by atoms with Gasteiger partial charge >= 0.3 is 12.1 Å².